The van der Waals surface area contributed by atoms with Crippen molar-refractivity contribution in [2.24, 2.45) is 5.92 Å². The summed E-state index contributed by atoms with van der Waals surface area (Å²) in [6, 6.07) is 14.4. The first-order valence-corrected chi connectivity index (χ1v) is 8.66. The van der Waals surface area contributed by atoms with E-state index >= 15 is 0 Å². The van der Waals surface area contributed by atoms with E-state index in [0.29, 0.717) is 0 Å². The van der Waals surface area contributed by atoms with E-state index < -0.39 is 12.1 Å². The predicted octanol–water partition coefficient (Wildman–Crippen LogP) is 2.49. The Balaban J connectivity index is 1.58. The zero-order valence-electron chi connectivity index (χ0n) is 14.5. The summed E-state index contributed by atoms with van der Waals surface area (Å²) >= 11 is 0. The van der Waals surface area contributed by atoms with Crippen LogP contribution in [0.15, 0.2) is 48.7 Å². The van der Waals surface area contributed by atoms with Crippen molar-refractivity contribution in [3.8, 4) is 11.3 Å². The van der Waals surface area contributed by atoms with Crippen molar-refractivity contribution < 1.29 is 14.6 Å². The maximum absolute atomic E-state index is 11.5. The number of carbonyl (C=O) groups is 1. The second-order valence-corrected chi connectivity index (χ2v) is 6.50. The molecule has 1 fully saturated rings. The second-order valence-electron chi connectivity index (χ2n) is 6.50. The standard InChI is InChI=1S/C20H24N2O3/c1-25-20(24)19(23)16-8-11-22(12-9-16)14-15-5-4-6-17(13-15)18-7-2-3-10-21-18/h2-7,10,13,16,19,23H,8-9,11-12,14H2,1H3/t19-/m1/s1. The van der Waals surface area contributed by atoms with Crippen LogP contribution in [0.4, 0.5) is 0 Å². The highest BCUT2D eigenvalue weighted by molar-refractivity contribution is 5.74. The molecular formula is C20H24N2O3. The fraction of sp³-hybridized carbons (Fsp3) is 0.400. The minimum Gasteiger partial charge on any atom is -0.467 e. The molecule has 2 heterocycles. The summed E-state index contributed by atoms with van der Waals surface area (Å²) in [7, 11) is 1.31. The normalized spacial score (nSPS) is 17.2. The minimum atomic E-state index is -1.00. The van der Waals surface area contributed by atoms with E-state index in [4.69, 9.17) is 0 Å². The molecule has 0 unspecified atom stereocenters. The van der Waals surface area contributed by atoms with E-state index in [1.54, 1.807) is 6.20 Å². The number of nitrogens with zero attached hydrogens (tertiary/aromatic N) is 2. The molecule has 1 saturated heterocycles. The van der Waals surface area contributed by atoms with Crippen LogP contribution in [-0.4, -0.2) is 47.3 Å². The number of pyridine rings is 1. The fourth-order valence-electron chi connectivity index (χ4n) is 3.36. The van der Waals surface area contributed by atoms with Crippen molar-refractivity contribution in [1.82, 2.24) is 9.88 Å². The molecule has 1 N–H and O–H groups in total. The monoisotopic (exact) mass is 340 g/mol. The van der Waals surface area contributed by atoms with Gasteiger partial charge in [0, 0.05) is 18.3 Å². The zero-order valence-corrected chi connectivity index (χ0v) is 14.5. The summed E-state index contributed by atoms with van der Waals surface area (Å²) in [5, 5.41) is 9.98. The molecule has 5 nitrogen and oxygen atoms in total. The number of piperidine rings is 1. The Kier molecular flexibility index (Phi) is 5.79. The topological polar surface area (TPSA) is 62.7 Å². The lowest BCUT2D eigenvalue weighted by molar-refractivity contribution is -0.154. The van der Waals surface area contributed by atoms with Crippen molar-refractivity contribution in [3.05, 3.63) is 54.2 Å². The van der Waals surface area contributed by atoms with Gasteiger partial charge >= 0.3 is 5.97 Å². The van der Waals surface area contributed by atoms with Gasteiger partial charge < -0.3 is 9.84 Å². The summed E-state index contributed by atoms with van der Waals surface area (Å²) in [4.78, 5) is 18.2. The maximum Gasteiger partial charge on any atom is 0.334 e. The number of aliphatic hydroxyl groups is 1. The molecule has 1 aromatic heterocycles. The molecule has 1 atom stereocenters. The van der Waals surface area contributed by atoms with Crippen LogP contribution in [0.25, 0.3) is 11.3 Å². The third kappa shape index (κ3) is 4.44. The summed E-state index contributed by atoms with van der Waals surface area (Å²) in [6.07, 6.45) is 2.41. The molecule has 25 heavy (non-hydrogen) atoms. The van der Waals surface area contributed by atoms with Crippen molar-refractivity contribution in [3.63, 3.8) is 0 Å². The van der Waals surface area contributed by atoms with Gasteiger partial charge in [0.2, 0.25) is 0 Å². The lowest BCUT2D eigenvalue weighted by Gasteiger charge is -2.33. The van der Waals surface area contributed by atoms with Crippen molar-refractivity contribution in [1.29, 1.82) is 0 Å². The van der Waals surface area contributed by atoms with E-state index in [2.05, 4.69) is 38.9 Å². The van der Waals surface area contributed by atoms with Gasteiger partial charge in [0.05, 0.1) is 12.8 Å². The smallest absolute Gasteiger partial charge is 0.334 e. The quantitative estimate of drug-likeness (QED) is 0.848. The van der Waals surface area contributed by atoms with Gasteiger partial charge in [0.25, 0.3) is 0 Å². The van der Waals surface area contributed by atoms with Crippen molar-refractivity contribution >= 4 is 5.97 Å². The average Bonchev–Trinajstić information content (AvgIpc) is 2.68. The Morgan fingerprint density at radius 3 is 2.76 bits per heavy atom. The zero-order chi connectivity index (χ0) is 17.6. The number of benzene rings is 1. The molecule has 0 saturated carbocycles. The molecule has 0 bridgehead atoms. The van der Waals surface area contributed by atoms with Crippen molar-refractivity contribution in [2.75, 3.05) is 20.2 Å². The number of hydrogen-bond donors (Lipinski definition) is 1. The molecular weight excluding hydrogens is 316 g/mol. The van der Waals surface area contributed by atoms with Crippen LogP contribution in [0.3, 0.4) is 0 Å². The van der Waals surface area contributed by atoms with E-state index in [9.17, 15) is 9.90 Å². The molecule has 1 aliphatic heterocycles. The molecule has 0 radical (unpaired) electrons. The summed E-state index contributed by atoms with van der Waals surface area (Å²) < 4.78 is 4.63. The van der Waals surface area contributed by atoms with Gasteiger partial charge in [-0.3, -0.25) is 9.88 Å². The van der Waals surface area contributed by atoms with Crippen LogP contribution in [-0.2, 0) is 16.1 Å². The predicted molar refractivity (Wildman–Crippen MR) is 95.7 cm³/mol. The number of aliphatic hydroxyl groups excluding tert-OH is 1. The Morgan fingerprint density at radius 2 is 2.08 bits per heavy atom. The largest absolute Gasteiger partial charge is 0.467 e. The van der Waals surface area contributed by atoms with E-state index in [1.807, 2.05) is 18.2 Å². The molecule has 1 aromatic carbocycles. The summed E-state index contributed by atoms with van der Waals surface area (Å²) in [5.41, 5.74) is 3.34. The first kappa shape index (κ1) is 17.6. The van der Waals surface area contributed by atoms with Crippen LogP contribution in [0.5, 0.6) is 0 Å². The van der Waals surface area contributed by atoms with Crippen LogP contribution >= 0.6 is 0 Å². The average molecular weight is 340 g/mol. The minimum absolute atomic E-state index is 0.0106. The van der Waals surface area contributed by atoms with Gasteiger partial charge in [-0.05, 0) is 55.6 Å². The Bertz CT molecular complexity index is 697. The van der Waals surface area contributed by atoms with Gasteiger partial charge in [-0.15, -0.1) is 0 Å². The molecule has 1 aliphatic rings. The number of rotatable bonds is 5. The van der Waals surface area contributed by atoms with Gasteiger partial charge in [-0.25, -0.2) is 4.79 Å². The number of likely N-dealkylation sites (tertiary alicyclic amines) is 1. The van der Waals surface area contributed by atoms with Crippen LogP contribution in [0.2, 0.25) is 0 Å². The van der Waals surface area contributed by atoms with E-state index in [1.165, 1.54) is 12.7 Å². The van der Waals surface area contributed by atoms with E-state index in [0.717, 1.165) is 43.7 Å². The molecule has 3 rings (SSSR count). The summed E-state index contributed by atoms with van der Waals surface area (Å²) in [6.45, 7) is 2.60. The number of aromatic nitrogens is 1. The number of ether oxygens (including phenoxy) is 1. The third-order valence-corrected chi connectivity index (χ3v) is 4.82. The Hall–Kier alpha value is -2.24. The van der Waals surface area contributed by atoms with Gasteiger partial charge in [-0.1, -0.05) is 24.3 Å². The van der Waals surface area contributed by atoms with Crippen LogP contribution in [0.1, 0.15) is 18.4 Å². The van der Waals surface area contributed by atoms with Gasteiger partial charge in [0.1, 0.15) is 0 Å². The van der Waals surface area contributed by atoms with Crippen LogP contribution < -0.4 is 0 Å². The number of methoxy groups -OCH3 is 1. The first-order chi connectivity index (χ1) is 12.2. The SMILES string of the molecule is COC(=O)[C@H](O)C1CCN(Cc2cccc(-c3ccccn3)c2)CC1. The number of carbonyl (C=O) groups excluding carboxylic acids is 1. The molecule has 5 heteroatoms. The highest BCUT2D eigenvalue weighted by atomic mass is 16.5. The highest BCUT2D eigenvalue weighted by Gasteiger charge is 2.30. The van der Waals surface area contributed by atoms with Gasteiger partial charge in [0.15, 0.2) is 6.10 Å². The number of esters is 1. The maximum atomic E-state index is 11.5. The molecule has 2 aromatic rings. The summed E-state index contributed by atoms with van der Waals surface area (Å²) in [5.74, 6) is -0.537. The molecule has 0 spiro atoms. The third-order valence-electron chi connectivity index (χ3n) is 4.82. The van der Waals surface area contributed by atoms with Crippen molar-refractivity contribution in [2.45, 2.75) is 25.5 Å². The highest BCUT2D eigenvalue weighted by Crippen LogP contribution is 2.24. The van der Waals surface area contributed by atoms with Gasteiger partial charge in [-0.2, -0.15) is 0 Å². The molecule has 0 amide bonds. The lowest BCUT2D eigenvalue weighted by Crippen LogP contribution is -2.40. The Labute approximate surface area is 148 Å². The fourth-order valence-corrected chi connectivity index (χ4v) is 3.36. The lowest BCUT2D eigenvalue weighted by atomic mass is 9.91. The second kappa shape index (κ2) is 8.23. The molecule has 0 aliphatic carbocycles. The molecule has 132 valence electrons. The first-order valence-electron chi connectivity index (χ1n) is 8.66. The van der Waals surface area contributed by atoms with Crippen LogP contribution in [0, 0.1) is 5.92 Å². The van der Waals surface area contributed by atoms with E-state index in [-0.39, 0.29) is 5.92 Å². The number of hydrogen-bond acceptors (Lipinski definition) is 5. The Morgan fingerprint density at radius 1 is 1.28 bits per heavy atom.